The van der Waals surface area contributed by atoms with E-state index in [0.29, 0.717) is 15.6 Å². The van der Waals surface area contributed by atoms with E-state index in [1.165, 1.54) is 29.5 Å². The molecular weight excluding hydrogens is 277 g/mol. The predicted molar refractivity (Wildman–Crippen MR) is 69.3 cm³/mol. The Balaban J connectivity index is 2.04. The summed E-state index contributed by atoms with van der Waals surface area (Å²) in [5, 5.41) is 1.99. The second-order valence-electron chi connectivity index (χ2n) is 3.52. The molecular formula is C12H9ClFNO2S. The fraction of sp³-hybridized carbons (Fsp3) is 0.0833. The highest BCUT2D eigenvalue weighted by atomic mass is 35.5. The molecule has 1 aromatic carbocycles. The number of hydrogen-bond acceptors (Lipinski definition) is 4. The molecule has 0 unspecified atom stereocenters. The van der Waals surface area contributed by atoms with Crippen LogP contribution in [0, 0.1) is 5.82 Å². The maximum atomic E-state index is 13.4. The zero-order chi connectivity index (χ0) is 13.1. The van der Waals surface area contributed by atoms with Gasteiger partial charge in [-0.1, -0.05) is 17.7 Å². The number of carbonyl (C=O) groups excluding carboxylic acids is 1. The van der Waals surface area contributed by atoms with Gasteiger partial charge in [-0.3, -0.25) is 0 Å². The molecule has 2 aromatic rings. The molecule has 0 bridgehead atoms. The van der Waals surface area contributed by atoms with Crippen LogP contribution in [0.1, 0.15) is 15.2 Å². The minimum Gasteiger partial charge on any atom is -0.456 e. The number of ether oxygens (including phenoxy) is 1. The Kier molecular flexibility index (Phi) is 3.84. The number of anilines is 1. The molecule has 0 atom stereocenters. The van der Waals surface area contributed by atoms with Crippen molar-refractivity contribution in [3.63, 3.8) is 0 Å². The van der Waals surface area contributed by atoms with Crippen LogP contribution in [-0.4, -0.2) is 5.97 Å². The third kappa shape index (κ3) is 2.80. The van der Waals surface area contributed by atoms with Crippen molar-refractivity contribution >= 4 is 34.6 Å². The lowest BCUT2D eigenvalue weighted by Crippen LogP contribution is -2.06. The van der Waals surface area contributed by atoms with Crippen molar-refractivity contribution in [3.8, 4) is 0 Å². The highest BCUT2D eigenvalue weighted by molar-refractivity contribution is 7.12. The van der Waals surface area contributed by atoms with Crippen molar-refractivity contribution in [1.82, 2.24) is 0 Å². The van der Waals surface area contributed by atoms with Crippen LogP contribution in [0.4, 0.5) is 10.1 Å². The van der Waals surface area contributed by atoms with Gasteiger partial charge in [0.15, 0.2) is 0 Å². The largest absolute Gasteiger partial charge is 0.456 e. The van der Waals surface area contributed by atoms with Crippen molar-refractivity contribution in [3.05, 3.63) is 50.9 Å². The lowest BCUT2D eigenvalue weighted by atomic mass is 10.2. The first-order valence-corrected chi connectivity index (χ1v) is 6.27. The first-order valence-electron chi connectivity index (χ1n) is 5.02. The summed E-state index contributed by atoms with van der Waals surface area (Å²) in [4.78, 5) is 12.0. The minimum atomic E-state index is -0.558. The van der Waals surface area contributed by atoms with E-state index < -0.39 is 11.8 Å². The monoisotopic (exact) mass is 285 g/mol. The van der Waals surface area contributed by atoms with Crippen molar-refractivity contribution < 1.29 is 13.9 Å². The van der Waals surface area contributed by atoms with E-state index in [1.54, 1.807) is 11.4 Å². The van der Waals surface area contributed by atoms with Crippen molar-refractivity contribution in [1.29, 1.82) is 0 Å². The molecule has 0 fully saturated rings. The molecule has 94 valence electrons. The normalized spacial score (nSPS) is 10.3. The van der Waals surface area contributed by atoms with Crippen LogP contribution in [0.15, 0.2) is 29.6 Å². The molecule has 2 rings (SSSR count). The Hall–Kier alpha value is -1.59. The molecule has 0 aliphatic heterocycles. The van der Waals surface area contributed by atoms with Gasteiger partial charge in [0, 0.05) is 10.6 Å². The van der Waals surface area contributed by atoms with Crippen LogP contribution in [0.25, 0.3) is 0 Å². The molecule has 6 heteroatoms. The zero-order valence-corrected chi connectivity index (χ0v) is 10.7. The second kappa shape index (κ2) is 5.37. The zero-order valence-electron chi connectivity index (χ0n) is 9.15. The van der Waals surface area contributed by atoms with Gasteiger partial charge in [0.1, 0.15) is 17.3 Å². The summed E-state index contributed by atoms with van der Waals surface area (Å²) in [6.07, 6.45) is 0. The van der Waals surface area contributed by atoms with Crippen LogP contribution in [-0.2, 0) is 11.3 Å². The third-order valence-corrected chi connectivity index (χ3v) is 3.40. The van der Waals surface area contributed by atoms with E-state index in [0.717, 1.165) is 0 Å². The molecule has 0 aliphatic carbocycles. The Morgan fingerprint density at radius 2 is 2.22 bits per heavy atom. The van der Waals surface area contributed by atoms with Crippen molar-refractivity contribution in [2.75, 3.05) is 5.73 Å². The van der Waals surface area contributed by atoms with Gasteiger partial charge in [0.05, 0.1) is 5.69 Å². The molecule has 0 amide bonds. The number of rotatable bonds is 3. The number of carbonyl (C=O) groups is 1. The molecule has 18 heavy (non-hydrogen) atoms. The van der Waals surface area contributed by atoms with Gasteiger partial charge in [0.2, 0.25) is 0 Å². The molecule has 0 saturated carbocycles. The molecule has 0 radical (unpaired) electrons. The predicted octanol–water partition coefficient (Wildman–Crippen LogP) is 3.48. The molecule has 2 N–H and O–H groups in total. The Labute approximate surface area is 112 Å². The number of hydrogen-bond donors (Lipinski definition) is 1. The summed E-state index contributed by atoms with van der Waals surface area (Å²) in [6.45, 7) is -0.154. The number of thiophene rings is 1. The van der Waals surface area contributed by atoms with E-state index >= 15 is 0 Å². The van der Waals surface area contributed by atoms with Gasteiger partial charge in [0.25, 0.3) is 0 Å². The van der Waals surface area contributed by atoms with Gasteiger partial charge < -0.3 is 10.5 Å². The van der Waals surface area contributed by atoms with Crippen LogP contribution >= 0.6 is 22.9 Å². The standard InChI is InChI=1S/C12H9ClFNO2S/c13-8-2-1-7(9(14)5-8)6-17-12(16)11-10(15)3-4-18-11/h1-5H,6,15H2. The summed E-state index contributed by atoms with van der Waals surface area (Å²) in [6, 6.07) is 5.80. The van der Waals surface area contributed by atoms with E-state index in [9.17, 15) is 9.18 Å². The van der Waals surface area contributed by atoms with E-state index in [1.807, 2.05) is 0 Å². The molecule has 0 aliphatic rings. The summed E-state index contributed by atoms with van der Waals surface area (Å²) in [5.41, 5.74) is 6.21. The van der Waals surface area contributed by atoms with E-state index in [-0.39, 0.29) is 12.2 Å². The molecule has 3 nitrogen and oxygen atoms in total. The number of esters is 1. The number of nitrogen functional groups attached to an aromatic ring is 1. The fourth-order valence-electron chi connectivity index (χ4n) is 1.33. The minimum absolute atomic E-state index is 0.154. The quantitative estimate of drug-likeness (QED) is 0.879. The Bertz CT molecular complexity index is 585. The Morgan fingerprint density at radius 3 is 2.83 bits per heavy atom. The molecule has 1 heterocycles. The highest BCUT2D eigenvalue weighted by Gasteiger charge is 2.13. The summed E-state index contributed by atoms with van der Waals surface area (Å²) >= 11 is 6.80. The SMILES string of the molecule is Nc1ccsc1C(=O)OCc1ccc(Cl)cc1F. The first-order chi connectivity index (χ1) is 8.58. The summed E-state index contributed by atoms with van der Waals surface area (Å²) < 4.78 is 18.4. The van der Waals surface area contributed by atoms with Gasteiger partial charge in [-0.25, -0.2) is 9.18 Å². The molecule has 1 aromatic heterocycles. The van der Waals surface area contributed by atoms with E-state index in [4.69, 9.17) is 22.1 Å². The lowest BCUT2D eigenvalue weighted by Gasteiger charge is -2.05. The second-order valence-corrected chi connectivity index (χ2v) is 4.87. The van der Waals surface area contributed by atoms with Gasteiger partial charge in [-0.2, -0.15) is 0 Å². The number of halogens is 2. The number of benzene rings is 1. The van der Waals surface area contributed by atoms with E-state index in [2.05, 4.69) is 0 Å². The highest BCUT2D eigenvalue weighted by Crippen LogP contribution is 2.21. The van der Waals surface area contributed by atoms with Gasteiger partial charge in [-0.15, -0.1) is 11.3 Å². The molecule has 0 saturated heterocycles. The van der Waals surface area contributed by atoms with Crippen LogP contribution in [0.5, 0.6) is 0 Å². The topological polar surface area (TPSA) is 52.3 Å². The smallest absolute Gasteiger partial charge is 0.350 e. The van der Waals surface area contributed by atoms with Crippen LogP contribution < -0.4 is 5.73 Å². The lowest BCUT2D eigenvalue weighted by molar-refractivity contribution is 0.0476. The van der Waals surface area contributed by atoms with Crippen molar-refractivity contribution in [2.45, 2.75) is 6.61 Å². The maximum Gasteiger partial charge on any atom is 0.350 e. The van der Waals surface area contributed by atoms with Crippen molar-refractivity contribution in [2.24, 2.45) is 0 Å². The van der Waals surface area contributed by atoms with Crippen LogP contribution in [0.2, 0.25) is 5.02 Å². The first kappa shape index (κ1) is 12.9. The molecule has 0 spiro atoms. The average molecular weight is 286 g/mol. The Morgan fingerprint density at radius 1 is 1.44 bits per heavy atom. The van der Waals surface area contributed by atoms with Gasteiger partial charge in [-0.05, 0) is 23.6 Å². The maximum absolute atomic E-state index is 13.4. The fourth-order valence-corrected chi connectivity index (χ4v) is 2.20. The number of nitrogens with two attached hydrogens (primary N) is 1. The summed E-state index contributed by atoms with van der Waals surface area (Å²) in [7, 11) is 0. The van der Waals surface area contributed by atoms with Crippen LogP contribution in [0.3, 0.4) is 0 Å². The summed E-state index contributed by atoms with van der Waals surface area (Å²) in [5.74, 6) is -1.06. The third-order valence-electron chi connectivity index (χ3n) is 2.25. The average Bonchev–Trinajstić information content (AvgIpc) is 2.74. The van der Waals surface area contributed by atoms with Gasteiger partial charge >= 0.3 is 5.97 Å².